The number of halogens is 1. The van der Waals surface area contributed by atoms with E-state index in [4.69, 9.17) is 16.3 Å². The van der Waals surface area contributed by atoms with E-state index in [1.165, 1.54) is 0 Å². The van der Waals surface area contributed by atoms with Crippen LogP contribution in [-0.2, 0) is 4.74 Å². The summed E-state index contributed by atoms with van der Waals surface area (Å²) in [6.07, 6.45) is 3.41. The maximum absolute atomic E-state index is 12.0. The Balaban J connectivity index is 1.63. The Hall–Kier alpha value is -2.34. The zero-order valence-corrected chi connectivity index (χ0v) is 17.3. The molecule has 28 heavy (non-hydrogen) atoms. The first-order valence-corrected chi connectivity index (χ1v) is 10.0. The molecule has 0 bridgehead atoms. The van der Waals surface area contributed by atoms with Gasteiger partial charge in [0.05, 0.1) is 5.69 Å². The molecule has 2 N–H and O–H groups in total. The first-order chi connectivity index (χ1) is 13.3. The fourth-order valence-corrected chi connectivity index (χ4v) is 3.57. The molecule has 1 aromatic carbocycles. The number of hydrogen-bond acceptors (Lipinski definition) is 5. The topological polar surface area (TPSA) is 76.1 Å². The summed E-state index contributed by atoms with van der Waals surface area (Å²) in [5.74, 6) is 0.696. The van der Waals surface area contributed by atoms with E-state index in [1.54, 1.807) is 0 Å². The van der Waals surface area contributed by atoms with Crippen molar-refractivity contribution in [1.82, 2.24) is 15.3 Å². The Morgan fingerprint density at radius 2 is 1.86 bits per heavy atom. The van der Waals surface area contributed by atoms with Crippen molar-refractivity contribution in [2.75, 3.05) is 5.32 Å². The molecule has 2 unspecified atom stereocenters. The number of carbonyl (C=O) groups excluding carboxylic acids is 1. The number of nitrogens with one attached hydrogen (secondary N) is 2. The number of ether oxygens (including phenoxy) is 1. The van der Waals surface area contributed by atoms with Crippen LogP contribution < -0.4 is 10.6 Å². The summed E-state index contributed by atoms with van der Waals surface area (Å²) in [5, 5.41) is 6.65. The monoisotopic (exact) mass is 402 g/mol. The highest BCUT2D eigenvalue weighted by Crippen LogP contribution is 2.25. The summed E-state index contributed by atoms with van der Waals surface area (Å²) in [4.78, 5) is 20.7. The van der Waals surface area contributed by atoms with Gasteiger partial charge in [-0.05, 0) is 58.1 Å². The maximum atomic E-state index is 12.0. The van der Waals surface area contributed by atoms with Crippen LogP contribution in [-0.4, -0.2) is 33.7 Å². The van der Waals surface area contributed by atoms with Gasteiger partial charge in [0.2, 0.25) is 5.28 Å². The molecule has 0 saturated heterocycles. The van der Waals surface area contributed by atoms with E-state index in [0.29, 0.717) is 5.82 Å². The molecule has 0 aliphatic heterocycles. The molecular formula is C21H27ClN4O2. The molecule has 6 nitrogen and oxygen atoms in total. The molecule has 1 aliphatic rings. The SMILES string of the molecule is CC(C)(C)OC(=O)NC1CCCC(Nc2cc(-c3ccccc3)nc(Cl)n2)C1. The average molecular weight is 403 g/mol. The summed E-state index contributed by atoms with van der Waals surface area (Å²) in [6.45, 7) is 5.59. The average Bonchev–Trinajstić information content (AvgIpc) is 2.60. The molecule has 1 aromatic heterocycles. The summed E-state index contributed by atoms with van der Waals surface area (Å²) < 4.78 is 5.37. The number of alkyl carbamates (subject to hydrolysis) is 1. The molecule has 0 spiro atoms. The van der Waals surface area contributed by atoms with Crippen LogP contribution in [0.25, 0.3) is 11.3 Å². The zero-order valence-electron chi connectivity index (χ0n) is 16.5. The third-order valence-corrected chi connectivity index (χ3v) is 4.68. The van der Waals surface area contributed by atoms with Gasteiger partial charge in [-0.1, -0.05) is 30.3 Å². The van der Waals surface area contributed by atoms with Crippen LogP contribution in [0, 0.1) is 0 Å². The van der Waals surface area contributed by atoms with E-state index in [2.05, 4.69) is 20.6 Å². The fourth-order valence-electron chi connectivity index (χ4n) is 3.38. The summed E-state index contributed by atoms with van der Waals surface area (Å²) in [6, 6.07) is 12.1. The smallest absolute Gasteiger partial charge is 0.407 e. The third-order valence-electron chi connectivity index (χ3n) is 4.52. The van der Waals surface area contributed by atoms with Crippen molar-refractivity contribution in [1.29, 1.82) is 0 Å². The van der Waals surface area contributed by atoms with Crippen LogP contribution in [0.15, 0.2) is 36.4 Å². The fraction of sp³-hybridized carbons (Fsp3) is 0.476. The number of rotatable bonds is 4. The van der Waals surface area contributed by atoms with Crippen LogP contribution in [0.4, 0.5) is 10.6 Å². The Morgan fingerprint density at radius 1 is 1.14 bits per heavy atom. The molecule has 1 fully saturated rings. The molecule has 1 saturated carbocycles. The largest absolute Gasteiger partial charge is 0.444 e. The highest BCUT2D eigenvalue weighted by atomic mass is 35.5. The van der Waals surface area contributed by atoms with Gasteiger partial charge in [0.25, 0.3) is 0 Å². The Labute approximate surface area is 171 Å². The van der Waals surface area contributed by atoms with E-state index in [1.807, 2.05) is 57.2 Å². The highest BCUT2D eigenvalue weighted by molar-refractivity contribution is 6.28. The van der Waals surface area contributed by atoms with Crippen molar-refractivity contribution in [3.63, 3.8) is 0 Å². The van der Waals surface area contributed by atoms with Crippen LogP contribution in [0.2, 0.25) is 5.28 Å². The predicted molar refractivity (Wildman–Crippen MR) is 112 cm³/mol. The van der Waals surface area contributed by atoms with Gasteiger partial charge in [0.15, 0.2) is 0 Å². The normalized spacial score (nSPS) is 19.7. The van der Waals surface area contributed by atoms with Crippen LogP contribution in [0.5, 0.6) is 0 Å². The lowest BCUT2D eigenvalue weighted by Gasteiger charge is -2.31. The number of anilines is 1. The van der Waals surface area contributed by atoms with E-state index in [-0.39, 0.29) is 23.5 Å². The third kappa shape index (κ3) is 6.09. The van der Waals surface area contributed by atoms with Crippen LogP contribution in [0.3, 0.4) is 0 Å². The lowest BCUT2D eigenvalue weighted by molar-refractivity contribution is 0.0492. The minimum atomic E-state index is -0.498. The molecule has 7 heteroatoms. The maximum Gasteiger partial charge on any atom is 0.407 e. The molecule has 150 valence electrons. The standard InChI is InChI=1S/C21H27ClN4O2/c1-21(2,3)28-20(27)24-16-11-7-10-15(12-16)23-18-13-17(25-19(22)26-18)14-8-5-4-6-9-14/h4-6,8-9,13,15-16H,7,10-12H2,1-3H3,(H,24,27)(H,23,25,26). The number of benzene rings is 1. The molecule has 1 aliphatic carbocycles. The Morgan fingerprint density at radius 3 is 2.57 bits per heavy atom. The Bertz CT molecular complexity index is 808. The molecule has 0 radical (unpaired) electrons. The van der Waals surface area contributed by atoms with E-state index in [9.17, 15) is 4.79 Å². The van der Waals surface area contributed by atoms with Gasteiger partial charge in [0, 0.05) is 23.7 Å². The lowest BCUT2D eigenvalue weighted by atomic mass is 9.91. The second kappa shape index (κ2) is 8.78. The van der Waals surface area contributed by atoms with Gasteiger partial charge in [-0.3, -0.25) is 0 Å². The molecule has 2 aromatic rings. The number of nitrogens with zero attached hydrogens (tertiary/aromatic N) is 2. The molecule has 2 atom stereocenters. The number of carbonyl (C=O) groups is 1. The van der Waals surface area contributed by atoms with Gasteiger partial charge in [-0.2, -0.15) is 0 Å². The van der Waals surface area contributed by atoms with Gasteiger partial charge in [-0.15, -0.1) is 0 Å². The number of hydrogen-bond donors (Lipinski definition) is 2. The van der Waals surface area contributed by atoms with Crippen molar-refractivity contribution in [2.24, 2.45) is 0 Å². The molecule has 1 amide bonds. The number of amides is 1. The summed E-state index contributed by atoms with van der Waals surface area (Å²) in [5.41, 5.74) is 1.27. The first kappa shape index (κ1) is 20.4. The second-order valence-electron chi connectivity index (χ2n) is 8.12. The summed E-state index contributed by atoms with van der Waals surface area (Å²) >= 11 is 6.14. The van der Waals surface area contributed by atoms with Crippen LogP contribution in [0.1, 0.15) is 46.5 Å². The molecular weight excluding hydrogens is 376 g/mol. The van der Waals surface area contributed by atoms with Crippen molar-refractivity contribution < 1.29 is 9.53 Å². The van der Waals surface area contributed by atoms with Crippen molar-refractivity contribution >= 4 is 23.5 Å². The lowest BCUT2D eigenvalue weighted by Crippen LogP contribution is -2.43. The van der Waals surface area contributed by atoms with Gasteiger partial charge < -0.3 is 15.4 Å². The first-order valence-electron chi connectivity index (χ1n) is 9.64. The second-order valence-corrected chi connectivity index (χ2v) is 8.46. The molecule has 1 heterocycles. The predicted octanol–water partition coefficient (Wildman–Crippen LogP) is 5.04. The summed E-state index contributed by atoms with van der Waals surface area (Å²) in [7, 11) is 0. The van der Waals surface area contributed by atoms with Crippen LogP contribution >= 0.6 is 11.6 Å². The number of aromatic nitrogens is 2. The van der Waals surface area contributed by atoms with Gasteiger partial charge in [-0.25, -0.2) is 14.8 Å². The van der Waals surface area contributed by atoms with Crippen molar-refractivity contribution in [3.8, 4) is 11.3 Å². The molecule has 3 rings (SSSR count). The highest BCUT2D eigenvalue weighted by Gasteiger charge is 2.26. The van der Waals surface area contributed by atoms with Gasteiger partial charge >= 0.3 is 6.09 Å². The van der Waals surface area contributed by atoms with E-state index < -0.39 is 5.60 Å². The van der Waals surface area contributed by atoms with Crippen molar-refractivity contribution in [3.05, 3.63) is 41.7 Å². The van der Waals surface area contributed by atoms with E-state index in [0.717, 1.165) is 36.9 Å². The minimum Gasteiger partial charge on any atom is -0.444 e. The van der Waals surface area contributed by atoms with E-state index >= 15 is 0 Å². The zero-order chi connectivity index (χ0) is 20.1. The minimum absolute atomic E-state index is 0.0759. The van der Waals surface area contributed by atoms with Gasteiger partial charge in [0.1, 0.15) is 11.4 Å². The van der Waals surface area contributed by atoms with Crippen molar-refractivity contribution in [2.45, 2.75) is 64.1 Å². The quantitative estimate of drug-likeness (QED) is 0.700. The Kier molecular flexibility index (Phi) is 6.39.